The fourth-order valence-corrected chi connectivity index (χ4v) is 3.97. The lowest BCUT2D eigenvalue weighted by molar-refractivity contribution is -0.147. The van der Waals surface area contributed by atoms with Crippen LogP contribution in [-0.4, -0.2) is 86.6 Å². The molecular weight excluding hydrogens is 528 g/mol. The predicted octanol–water partition coefficient (Wildman–Crippen LogP) is -1.34. The molecule has 15 heteroatoms. The van der Waals surface area contributed by atoms with E-state index in [1.54, 1.807) is 30.5 Å². The number of aliphatic carboxylic acids is 3. The third-order valence-corrected chi connectivity index (χ3v) is 6.04. The van der Waals surface area contributed by atoms with Gasteiger partial charge in [-0.1, -0.05) is 18.2 Å². The minimum atomic E-state index is -1.76. The average molecular weight is 563 g/mol. The molecule has 0 fully saturated rings. The van der Waals surface area contributed by atoms with Crippen LogP contribution in [0.25, 0.3) is 10.9 Å². The molecule has 218 valence electrons. The number of benzene rings is 1. The zero-order valence-electron chi connectivity index (χ0n) is 21.6. The zero-order chi connectivity index (χ0) is 29.8. The van der Waals surface area contributed by atoms with Gasteiger partial charge in [0.05, 0.1) is 18.9 Å². The Kier molecular flexibility index (Phi) is 12.0. The van der Waals surface area contributed by atoms with E-state index in [-0.39, 0.29) is 12.8 Å². The predicted molar refractivity (Wildman–Crippen MR) is 141 cm³/mol. The van der Waals surface area contributed by atoms with Crippen LogP contribution >= 0.6 is 0 Å². The summed E-state index contributed by atoms with van der Waals surface area (Å²) in [4.78, 5) is 75.6. The molecule has 0 saturated carbocycles. The van der Waals surface area contributed by atoms with E-state index < -0.39 is 72.6 Å². The van der Waals surface area contributed by atoms with E-state index in [0.717, 1.165) is 10.9 Å². The third-order valence-electron chi connectivity index (χ3n) is 6.04. The number of carboxylic acids is 3. The van der Waals surface area contributed by atoms with E-state index in [9.17, 15) is 33.9 Å². The van der Waals surface area contributed by atoms with Crippen LogP contribution in [0.1, 0.15) is 37.7 Å². The van der Waals surface area contributed by atoms with E-state index in [4.69, 9.17) is 21.7 Å². The molecule has 4 unspecified atom stereocenters. The molecule has 2 rings (SSSR count). The monoisotopic (exact) mass is 562 g/mol. The van der Waals surface area contributed by atoms with Crippen molar-refractivity contribution in [2.24, 2.45) is 11.5 Å². The van der Waals surface area contributed by atoms with Gasteiger partial charge in [0.1, 0.15) is 18.1 Å². The van der Waals surface area contributed by atoms with Gasteiger partial charge in [-0.3, -0.25) is 24.0 Å². The van der Waals surface area contributed by atoms with Crippen LogP contribution in [0.2, 0.25) is 0 Å². The Labute approximate surface area is 228 Å². The first-order valence-corrected chi connectivity index (χ1v) is 12.5. The molecule has 1 aromatic carbocycles. The number of nitrogens with two attached hydrogens (primary N) is 2. The number of nitrogens with one attached hydrogen (secondary N) is 4. The number of hydrogen-bond donors (Lipinski definition) is 9. The van der Waals surface area contributed by atoms with Crippen molar-refractivity contribution in [3.8, 4) is 0 Å². The Morgan fingerprint density at radius 1 is 0.800 bits per heavy atom. The van der Waals surface area contributed by atoms with Gasteiger partial charge < -0.3 is 47.7 Å². The maximum absolute atomic E-state index is 13.3. The second kappa shape index (κ2) is 15.2. The molecule has 0 aliphatic heterocycles. The highest BCUT2D eigenvalue weighted by Gasteiger charge is 2.32. The molecule has 15 nitrogen and oxygen atoms in total. The SMILES string of the molecule is NCCCCC(NC(=O)C(N)CC(=O)O)C(=O)NC(Cc1c[nH]c2ccccc12)C(=O)NC(CC(=O)O)C(=O)O. The quantitative estimate of drug-likeness (QED) is 0.102. The number of amides is 3. The van der Waals surface area contributed by atoms with Crippen LogP contribution in [0.3, 0.4) is 0 Å². The fourth-order valence-electron chi connectivity index (χ4n) is 3.97. The van der Waals surface area contributed by atoms with Crippen molar-refractivity contribution in [1.82, 2.24) is 20.9 Å². The van der Waals surface area contributed by atoms with Crippen LogP contribution in [-0.2, 0) is 35.2 Å². The van der Waals surface area contributed by atoms with Crippen molar-refractivity contribution < 1.29 is 44.1 Å². The summed E-state index contributed by atoms with van der Waals surface area (Å²) in [5.41, 5.74) is 12.5. The van der Waals surface area contributed by atoms with Crippen molar-refractivity contribution in [3.63, 3.8) is 0 Å². The maximum Gasteiger partial charge on any atom is 0.326 e. The molecule has 0 saturated heterocycles. The Bertz CT molecular complexity index is 1230. The molecule has 0 bridgehead atoms. The van der Waals surface area contributed by atoms with Crippen molar-refractivity contribution >= 4 is 46.5 Å². The summed E-state index contributed by atoms with van der Waals surface area (Å²) in [6.07, 6.45) is 0.949. The highest BCUT2D eigenvalue weighted by Crippen LogP contribution is 2.19. The summed E-state index contributed by atoms with van der Waals surface area (Å²) in [5.74, 6) is -6.99. The summed E-state index contributed by atoms with van der Waals surface area (Å²) in [5, 5.41) is 35.1. The molecule has 4 atom stereocenters. The number of carbonyl (C=O) groups excluding carboxylic acids is 3. The number of H-pyrrole nitrogens is 1. The van der Waals surface area contributed by atoms with Gasteiger partial charge in [0.15, 0.2) is 0 Å². The van der Waals surface area contributed by atoms with Gasteiger partial charge >= 0.3 is 17.9 Å². The van der Waals surface area contributed by atoms with Gasteiger partial charge in [0.25, 0.3) is 0 Å². The Morgan fingerprint density at radius 3 is 2.02 bits per heavy atom. The molecule has 2 aromatic rings. The van der Waals surface area contributed by atoms with Crippen LogP contribution in [0.5, 0.6) is 0 Å². The summed E-state index contributed by atoms with van der Waals surface area (Å²) in [6, 6.07) is 1.36. The number of carboxylic acid groups (broad SMARTS) is 3. The fraction of sp³-hybridized carbons (Fsp3) is 0.440. The standard InChI is InChI=1S/C25H34N6O9/c26-8-4-3-7-17(29-22(36)15(27)10-20(32)33)23(37)30-18(24(38)31-19(25(39)40)11-21(34)35)9-13-12-28-16-6-2-1-5-14(13)16/h1-2,5-6,12,15,17-19,28H,3-4,7-11,26-27H2,(H,29,36)(H,30,37)(H,31,38)(H,32,33)(H,34,35)(H,39,40). The van der Waals surface area contributed by atoms with E-state index in [1.807, 2.05) is 0 Å². The van der Waals surface area contributed by atoms with Crippen molar-refractivity contribution in [3.05, 3.63) is 36.0 Å². The van der Waals surface area contributed by atoms with E-state index >= 15 is 0 Å². The lowest BCUT2D eigenvalue weighted by atomic mass is 10.0. The van der Waals surface area contributed by atoms with E-state index in [1.165, 1.54) is 0 Å². The normalized spacial score (nSPS) is 13.9. The second-order valence-corrected chi connectivity index (χ2v) is 9.17. The summed E-state index contributed by atoms with van der Waals surface area (Å²) >= 11 is 0. The summed E-state index contributed by atoms with van der Waals surface area (Å²) in [6.45, 7) is 0.312. The first-order valence-electron chi connectivity index (χ1n) is 12.5. The topological polar surface area (TPSA) is 267 Å². The summed E-state index contributed by atoms with van der Waals surface area (Å²) in [7, 11) is 0. The number of rotatable bonds is 17. The number of fused-ring (bicyclic) bond motifs is 1. The molecule has 0 spiro atoms. The molecule has 11 N–H and O–H groups in total. The average Bonchev–Trinajstić information content (AvgIpc) is 3.29. The van der Waals surface area contributed by atoms with Gasteiger partial charge in [-0.15, -0.1) is 0 Å². The molecule has 1 aromatic heterocycles. The third kappa shape index (κ3) is 9.67. The molecule has 1 heterocycles. The van der Waals surface area contributed by atoms with E-state index in [0.29, 0.717) is 24.9 Å². The summed E-state index contributed by atoms with van der Waals surface area (Å²) < 4.78 is 0. The number of carbonyl (C=O) groups is 6. The molecule has 40 heavy (non-hydrogen) atoms. The number of aromatic nitrogens is 1. The largest absolute Gasteiger partial charge is 0.481 e. The van der Waals surface area contributed by atoms with Gasteiger partial charge in [-0.2, -0.15) is 0 Å². The first-order chi connectivity index (χ1) is 18.9. The minimum Gasteiger partial charge on any atom is -0.481 e. The maximum atomic E-state index is 13.3. The molecule has 0 radical (unpaired) electrons. The lowest BCUT2D eigenvalue weighted by Crippen LogP contribution is -2.57. The zero-order valence-corrected chi connectivity index (χ0v) is 21.6. The van der Waals surface area contributed by atoms with Crippen LogP contribution in [0.4, 0.5) is 0 Å². The van der Waals surface area contributed by atoms with Gasteiger partial charge in [0.2, 0.25) is 17.7 Å². The Balaban J connectivity index is 2.32. The number of unbranched alkanes of at least 4 members (excludes halogenated alkanes) is 1. The van der Waals surface area contributed by atoms with Crippen LogP contribution < -0.4 is 27.4 Å². The molecule has 0 aliphatic carbocycles. The Morgan fingerprint density at radius 2 is 1.40 bits per heavy atom. The van der Waals surface area contributed by atoms with Crippen LogP contribution in [0, 0.1) is 0 Å². The Hall–Kier alpha value is -4.50. The molecule has 0 aliphatic rings. The molecular formula is C25H34N6O9. The van der Waals surface area contributed by atoms with Crippen LogP contribution in [0.15, 0.2) is 30.5 Å². The smallest absolute Gasteiger partial charge is 0.326 e. The number of para-hydroxylation sites is 1. The van der Waals surface area contributed by atoms with E-state index in [2.05, 4.69) is 20.9 Å². The molecule has 3 amide bonds. The highest BCUT2D eigenvalue weighted by molar-refractivity contribution is 5.95. The number of aromatic amines is 1. The number of hydrogen-bond acceptors (Lipinski definition) is 8. The van der Waals surface area contributed by atoms with Crippen molar-refractivity contribution in [2.75, 3.05) is 6.54 Å². The second-order valence-electron chi connectivity index (χ2n) is 9.17. The van der Waals surface area contributed by atoms with Crippen molar-refractivity contribution in [2.45, 2.75) is 62.7 Å². The minimum absolute atomic E-state index is 0.0900. The first kappa shape index (κ1) is 31.7. The highest BCUT2D eigenvalue weighted by atomic mass is 16.4. The van der Waals surface area contributed by atoms with Gasteiger partial charge in [-0.25, -0.2) is 4.79 Å². The van der Waals surface area contributed by atoms with Gasteiger partial charge in [-0.05, 0) is 37.4 Å². The van der Waals surface area contributed by atoms with Crippen molar-refractivity contribution in [1.29, 1.82) is 0 Å². The van der Waals surface area contributed by atoms with Gasteiger partial charge in [0, 0.05) is 23.5 Å². The lowest BCUT2D eigenvalue weighted by Gasteiger charge is -2.25.